The lowest BCUT2D eigenvalue weighted by Gasteiger charge is -2.03. The third-order valence-corrected chi connectivity index (χ3v) is 4.29. The van der Waals surface area contributed by atoms with Crippen LogP contribution in [-0.4, -0.2) is 5.94 Å². The minimum atomic E-state index is 0.919. The second kappa shape index (κ2) is 19.4. The fourth-order valence-electron chi connectivity index (χ4n) is 2.85. The zero-order chi connectivity index (χ0) is 15.4. The van der Waals surface area contributed by atoms with Gasteiger partial charge in [-0.25, -0.2) is 4.79 Å². The first kappa shape index (κ1) is 20.5. The van der Waals surface area contributed by atoms with Crippen LogP contribution >= 0.6 is 0 Å². The van der Waals surface area contributed by atoms with Crippen molar-refractivity contribution in [3.05, 3.63) is 6.08 Å². The molecule has 0 amide bonds. The van der Waals surface area contributed by atoms with Gasteiger partial charge in [0.25, 0.3) is 0 Å². The molecule has 0 aromatic heterocycles. The molecule has 0 aromatic carbocycles. The Kier molecular flexibility index (Phi) is 18.9. The summed E-state index contributed by atoms with van der Waals surface area (Å²) in [5.74, 6) is 1.84. The van der Waals surface area contributed by atoms with E-state index in [1.165, 1.54) is 96.3 Å². The van der Waals surface area contributed by atoms with Crippen molar-refractivity contribution in [2.24, 2.45) is 0 Å². The molecule has 124 valence electrons. The summed E-state index contributed by atoms with van der Waals surface area (Å²) in [5, 5.41) is 0. The Morgan fingerprint density at radius 3 is 1.24 bits per heavy atom. The van der Waals surface area contributed by atoms with E-state index in [9.17, 15) is 4.79 Å². The quantitative estimate of drug-likeness (QED) is 0.208. The molecule has 21 heavy (non-hydrogen) atoms. The molecule has 0 aliphatic heterocycles. The first-order valence-corrected chi connectivity index (χ1v) is 9.61. The lowest BCUT2D eigenvalue weighted by molar-refractivity contribution is 0.530. The Hall–Kier alpha value is -0.550. The second-order valence-corrected chi connectivity index (χ2v) is 6.41. The Morgan fingerprint density at radius 2 is 0.905 bits per heavy atom. The average Bonchev–Trinajstić information content (AvgIpc) is 2.50. The molecule has 0 fully saturated rings. The van der Waals surface area contributed by atoms with Crippen LogP contribution in [0.4, 0.5) is 0 Å². The zero-order valence-electron chi connectivity index (χ0n) is 14.5. The van der Waals surface area contributed by atoms with Gasteiger partial charge in [-0.1, -0.05) is 103 Å². The molecule has 1 nitrogen and oxygen atoms in total. The highest BCUT2D eigenvalue weighted by atomic mass is 16.1. The van der Waals surface area contributed by atoms with E-state index in [1.54, 1.807) is 6.08 Å². The predicted molar refractivity (Wildman–Crippen MR) is 94.4 cm³/mol. The lowest BCUT2D eigenvalue weighted by atomic mass is 10.0. The maximum Gasteiger partial charge on any atom is 0.120 e. The Balaban J connectivity index is 2.94. The van der Waals surface area contributed by atoms with Crippen LogP contribution in [0.2, 0.25) is 0 Å². The molecule has 0 bridgehead atoms. The number of allylic oxidation sites excluding steroid dienone is 1. The molecular weight excluding hydrogens is 256 g/mol. The summed E-state index contributed by atoms with van der Waals surface area (Å²) in [6.45, 7) is 2.28. The van der Waals surface area contributed by atoms with Gasteiger partial charge in [-0.2, -0.15) is 0 Å². The third-order valence-electron chi connectivity index (χ3n) is 4.29. The largest absolute Gasteiger partial charge is 0.234 e. The summed E-state index contributed by atoms with van der Waals surface area (Å²) in [6.07, 6.45) is 24.9. The summed E-state index contributed by atoms with van der Waals surface area (Å²) < 4.78 is 0. The Bertz CT molecular complexity index is 228. The molecule has 0 unspecified atom stereocenters. The van der Waals surface area contributed by atoms with E-state index < -0.39 is 0 Å². The molecule has 0 atom stereocenters. The molecule has 0 spiro atoms. The van der Waals surface area contributed by atoms with E-state index in [-0.39, 0.29) is 0 Å². The molecule has 0 aliphatic rings. The number of hydrogen-bond acceptors (Lipinski definition) is 1. The number of carbonyl (C=O) groups excluding carboxylic acids is 1. The van der Waals surface area contributed by atoms with Gasteiger partial charge in [-0.3, -0.25) is 0 Å². The smallest absolute Gasteiger partial charge is 0.120 e. The van der Waals surface area contributed by atoms with Crippen LogP contribution in [-0.2, 0) is 4.79 Å². The van der Waals surface area contributed by atoms with Crippen LogP contribution in [0.25, 0.3) is 0 Å². The van der Waals surface area contributed by atoms with Gasteiger partial charge in [0, 0.05) is 0 Å². The van der Waals surface area contributed by atoms with Crippen molar-refractivity contribution in [1.82, 2.24) is 0 Å². The molecule has 0 rings (SSSR count). The monoisotopic (exact) mass is 294 g/mol. The molecular formula is C20H38O. The van der Waals surface area contributed by atoms with Gasteiger partial charge in [0.05, 0.1) is 0 Å². The number of hydrogen-bond donors (Lipinski definition) is 0. The van der Waals surface area contributed by atoms with Crippen LogP contribution in [0.15, 0.2) is 6.08 Å². The molecule has 0 N–H and O–H groups in total. The van der Waals surface area contributed by atoms with Crippen LogP contribution in [0.1, 0.15) is 116 Å². The fourth-order valence-corrected chi connectivity index (χ4v) is 2.85. The second-order valence-electron chi connectivity index (χ2n) is 6.41. The Labute approximate surface area is 133 Å². The van der Waals surface area contributed by atoms with Gasteiger partial charge < -0.3 is 0 Å². The standard InChI is InChI=1S/C20H38O/c1-2-3-4-5-6-7-8-9-10-11-12-13-14-15-16-17-18-19-20-21/h19H,2-18H2,1H3. The van der Waals surface area contributed by atoms with Crippen molar-refractivity contribution in [1.29, 1.82) is 0 Å². The van der Waals surface area contributed by atoms with E-state index in [0.29, 0.717) is 0 Å². The van der Waals surface area contributed by atoms with Gasteiger partial charge in [0.2, 0.25) is 0 Å². The summed E-state index contributed by atoms with van der Waals surface area (Å²) >= 11 is 0. The molecule has 0 saturated heterocycles. The SMILES string of the molecule is CCCCCCCCCCCCCCCCCCC=C=O. The average molecular weight is 295 g/mol. The summed E-state index contributed by atoms with van der Waals surface area (Å²) in [6, 6.07) is 0. The van der Waals surface area contributed by atoms with E-state index >= 15 is 0 Å². The lowest BCUT2D eigenvalue weighted by Crippen LogP contribution is -1.83. The van der Waals surface area contributed by atoms with Crippen molar-refractivity contribution in [3.8, 4) is 0 Å². The van der Waals surface area contributed by atoms with Crippen molar-refractivity contribution in [2.75, 3.05) is 0 Å². The minimum Gasteiger partial charge on any atom is -0.234 e. The summed E-state index contributed by atoms with van der Waals surface area (Å²) in [5.41, 5.74) is 0. The molecule has 0 heterocycles. The van der Waals surface area contributed by atoms with Gasteiger partial charge >= 0.3 is 0 Å². The van der Waals surface area contributed by atoms with Crippen LogP contribution in [0, 0.1) is 0 Å². The van der Waals surface area contributed by atoms with Gasteiger partial charge in [-0.15, -0.1) is 0 Å². The van der Waals surface area contributed by atoms with Gasteiger partial charge in [-0.05, 0) is 18.9 Å². The minimum absolute atomic E-state index is 0.919. The topological polar surface area (TPSA) is 17.1 Å². The van der Waals surface area contributed by atoms with Crippen molar-refractivity contribution >= 4 is 5.94 Å². The Morgan fingerprint density at radius 1 is 0.571 bits per heavy atom. The summed E-state index contributed by atoms with van der Waals surface area (Å²) in [4.78, 5) is 9.98. The normalized spacial score (nSPS) is 10.5. The van der Waals surface area contributed by atoms with Crippen LogP contribution < -0.4 is 0 Å². The number of unbranched alkanes of at least 4 members (excludes halogenated alkanes) is 16. The number of rotatable bonds is 17. The first-order chi connectivity index (χ1) is 10.4. The predicted octanol–water partition coefficient (Wildman–Crippen LogP) is 7.03. The fraction of sp³-hybridized carbons (Fsp3) is 0.900. The van der Waals surface area contributed by atoms with E-state index in [1.807, 2.05) is 5.94 Å². The highest BCUT2D eigenvalue weighted by Gasteiger charge is 1.94. The van der Waals surface area contributed by atoms with E-state index in [2.05, 4.69) is 6.92 Å². The molecule has 0 aromatic rings. The van der Waals surface area contributed by atoms with Crippen LogP contribution in [0.3, 0.4) is 0 Å². The molecule has 0 saturated carbocycles. The van der Waals surface area contributed by atoms with Gasteiger partial charge in [0.15, 0.2) is 0 Å². The van der Waals surface area contributed by atoms with Crippen molar-refractivity contribution in [2.45, 2.75) is 116 Å². The molecule has 0 aliphatic carbocycles. The maximum absolute atomic E-state index is 9.98. The maximum atomic E-state index is 9.98. The van der Waals surface area contributed by atoms with Gasteiger partial charge in [0.1, 0.15) is 5.94 Å². The summed E-state index contributed by atoms with van der Waals surface area (Å²) in [7, 11) is 0. The van der Waals surface area contributed by atoms with E-state index in [0.717, 1.165) is 12.8 Å². The highest BCUT2D eigenvalue weighted by Crippen LogP contribution is 2.13. The third kappa shape index (κ3) is 19.4. The van der Waals surface area contributed by atoms with E-state index in [4.69, 9.17) is 0 Å². The molecule has 0 radical (unpaired) electrons. The highest BCUT2D eigenvalue weighted by molar-refractivity contribution is 5.44. The first-order valence-electron chi connectivity index (χ1n) is 9.61. The van der Waals surface area contributed by atoms with Crippen molar-refractivity contribution in [3.63, 3.8) is 0 Å². The van der Waals surface area contributed by atoms with Crippen molar-refractivity contribution < 1.29 is 4.79 Å². The molecule has 1 heteroatoms. The van der Waals surface area contributed by atoms with Crippen LogP contribution in [0.5, 0.6) is 0 Å². The zero-order valence-corrected chi connectivity index (χ0v) is 14.5.